The number of nitrogens with zero attached hydrogens (tertiary/aromatic N) is 3. The van der Waals surface area contributed by atoms with Crippen LogP contribution in [0.3, 0.4) is 0 Å². The first-order valence-electron chi connectivity index (χ1n) is 9.35. The fraction of sp³-hybridized carbons (Fsp3) is 0.650. The molecule has 0 bridgehead atoms. The van der Waals surface area contributed by atoms with Crippen LogP contribution in [0.2, 0.25) is 0 Å². The molecule has 1 saturated heterocycles. The van der Waals surface area contributed by atoms with E-state index in [1.54, 1.807) is 13.8 Å². The largest absolute Gasteiger partial charge is 0.389 e. The number of piperazine rings is 1. The normalized spacial score (nSPS) is 19.8. The van der Waals surface area contributed by atoms with Crippen molar-refractivity contribution < 1.29 is 9.90 Å². The molecule has 1 N–H and O–H groups in total. The zero-order valence-corrected chi connectivity index (χ0v) is 15.7. The lowest BCUT2D eigenvalue weighted by atomic mass is 10.1. The van der Waals surface area contributed by atoms with E-state index in [1.807, 2.05) is 17.0 Å². The Morgan fingerprint density at radius 3 is 2.28 bits per heavy atom. The molecule has 138 valence electrons. The summed E-state index contributed by atoms with van der Waals surface area (Å²) in [7, 11) is 2.16. The summed E-state index contributed by atoms with van der Waals surface area (Å²) in [5.41, 5.74) is 1.11. The minimum Gasteiger partial charge on any atom is -0.389 e. The van der Waals surface area contributed by atoms with Crippen molar-refractivity contribution in [1.82, 2.24) is 14.7 Å². The number of hydrogen-bond donors (Lipinski definition) is 1. The van der Waals surface area contributed by atoms with Crippen LogP contribution in [0.15, 0.2) is 24.3 Å². The van der Waals surface area contributed by atoms with Crippen molar-refractivity contribution in [3.63, 3.8) is 0 Å². The predicted molar refractivity (Wildman–Crippen MR) is 99.6 cm³/mol. The van der Waals surface area contributed by atoms with Gasteiger partial charge in [0.2, 0.25) is 0 Å². The van der Waals surface area contributed by atoms with Gasteiger partial charge in [0.25, 0.3) is 5.91 Å². The van der Waals surface area contributed by atoms with E-state index in [-0.39, 0.29) is 5.91 Å². The topological polar surface area (TPSA) is 47.0 Å². The van der Waals surface area contributed by atoms with Gasteiger partial charge in [-0.25, -0.2) is 0 Å². The molecule has 1 aromatic carbocycles. The first kappa shape index (κ1) is 18.4. The molecule has 0 aromatic heterocycles. The Balaban J connectivity index is 1.61. The van der Waals surface area contributed by atoms with Gasteiger partial charge in [0, 0.05) is 50.9 Å². The van der Waals surface area contributed by atoms with Crippen molar-refractivity contribution in [2.24, 2.45) is 0 Å². The minimum absolute atomic E-state index is 0.0378. The van der Waals surface area contributed by atoms with Crippen molar-refractivity contribution >= 4 is 5.91 Å². The van der Waals surface area contributed by atoms with E-state index in [0.717, 1.165) is 51.1 Å². The Labute approximate surface area is 151 Å². The molecule has 0 unspecified atom stereocenters. The first-order chi connectivity index (χ1) is 11.8. The van der Waals surface area contributed by atoms with E-state index < -0.39 is 5.60 Å². The maximum absolute atomic E-state index is 12.8. The number of benzene rings is 1. The minimum atomic E-state index is -0.861. The third kappa shape index (κ3) is 5.27. The third-order valence-electron chi connectivity index (χ3n) is 5.01. The Morgan fingerprint density at radius 1 is 1.16 bits per heavy atom. The lowest BCUT2D eigenvalue weighted by Gasteiger charge is -2.32. The number of carbonyl (C=O) groups excluding carboxylic acids is 1. The molecule has 1 aromatic rings. The van der Waals surface area contributed by atoms with Gasteiger partial charge < -0.3 is 14.9 Å². The van der Waals surface area contributed by atoms with E-state index in [9.17, 15) is 9.90 Å². The Hall–Kier alpha value is -1.43. The van der Waals surface area contributed by atoms with Gasteiger partial charge >= 0.3 is 0 Å². The summed E-state index contributed by atoms with van der Waals surface area (Å²) in [4.78, 5) is 19.5. The molecular weight excluding hydrogens is 314 g/mol. The van der Waals surface area contributed by atoms with Gasteiger partial charge in [0.05, 0.1) is 5.60 Å². The molecular formula is C20H31N3O2. The summed E-state index contributed by atoms with van der Waals surface area (Å²) < 4.78 is 0. The number of likely N-dealkylation sites (N-methyl/N-ethyl adjacent to an activating group) is 1. The van der Waals surface area contributed by atoms with Crippen LogP contribution in [-0.4, -0.2) is 77.1 Å². The third-order valence-corrected chi connectivity index (χ3v) is 5.01. The van der Waals surface area contributed by atoms with Crippen molar-refractivity contribution in [2.45, 2.75) is 44.9 Å². The lowest BCUT2D eigenvalue weighted by molar-refractivity contribution is 0.0279. The highest BCUT2D eigenvalue weighted by Crippen LogP contribution is 2.29. The van der Waals surface area contributed by atoms with E-state index in [1.165, 1.54) is 5.56 Å². The average Bonchev–Trinajstić information content (AvgIpc) is 3.39. The second kappa shape index (κ2) is 7.44. The zero-order chi connectivity index (χ0) is 18.0. The zero-order valence-electron chi connectivity index (χ0n) is 15.7. The van der Waals surface area contributed by atoms with Crippen LogP contribution in [0.5, 0.6) is 0 Å². The number of hydrogen-bond acceptors (Lipinski definition) is 4. The quantitative estimate of drug-likeness (QED) is 0.854. The van der Waals surface area contributed by atoms with Gasteiger partial charge in [0.1, 0.15) is 0 Å². The van der Waals surface area contributed by atoms with Crippen LogP contribution >= 0.6 is 0 Å². The summed E-state index contributed by atoms with van der Waals surface area (Å²) in [6.07, 6.45) is 2.09. The number of carbonyl (C=O) groups is 1. The van der Waals surface area contributed by atoms with Crippen LogP contribution < -0.4 is 0 Å². The maximum atomic E-state index is 12.8. The van der Waals surface area contributed by atoms with E-state index in [0.29, 0.717) is 12.6 Å². The summed E-state index contributed by atoms with van der Waals surface area (Å²) >= 11 is 0. The molecule has 1 saturated carbocycles. The smallest absolute Gasteiger partial charge is 0.254 e. The molecule has 2 fully saturated rings. The first-order valence-corrected chi connectivity index (χ1v) is 9.35. The molecule has 1 aliphatic carbocycles. The SMILES string of the molecule is CN1CCN(Cc2ccc(C(=O)N(CC(C)(C)O)C3CC3)cc2)CC1. The molecule has 0 radical (unpaired) electrons. The summed E-state index contributed by atoms with van der Waals surface area (Å²) in [5.74, 6) is 0.0378. The lowest BCUT2D eigenvalue weighted by Crippen LogP contribution is -2.44. The van der Waals surface area contributed by atoms with Crippen molar-refractivity contribution in [3.8, 4) is 0 Å². The molecule has 25 heavy (non-hydrogen) atoms. The molecule has 2 aliphatic rings. The predicted octanol–water partition coefficient (Wildman–Crippen LogP) is 1.81. The van der Waals surface area contributed by atoms with Gasteiger partial charge in [0.15, 0.2) is 0 Å². The second-order valence-corrected chi connectivity index (χ2v) is 8.25. The fourth-order valence-electron chi connectivity index (χ4n) is 3.35. The van der Waals surface area contributed by atoms with Crippen LogP contribution in [-0.2, 0) is 6.54 Å². The van der Waals surface area contributed by atoms with E-state index in [4.69, 9.17) is 0 Å². The highest BCUT2D eigenvalue weighted by Gasteiger charge is 2.35. The van der Waals surface area contributed by atoms with Crippen LogP contribution in [0.25, 0.3) is 0 Å². The molecule has 1 aliphatic heterocycles. The summed E-state index contributed by atoms with van der Waals surface area (Å²) in [5, 5.41) is 10.1. The van der Waals surface area contributed by atoms with Gasteiger partial charge in [-0.2, -0.15) is 0 Å². The monoisotopic (exact) mass is 345 g/mol. The molecule has 1 heterocycles. The van der Waals surface area contributed by atoms with Gasteiger partial charge in [-0.1, -0.05) is 12.1 Å². The summed E-state index contributed by atoms with van der Waals surface area (Å²) in [6, 6.07) is 8.31. The Bertz CT molecular complexity index is 582. The van der Waals surface area contributed by atoms with Gasteiger partial charge in [-0.05, 0) is 51.4 Å². The number of amides is 1. The van der Waals surface area contributed by atoms with E-state index in [2.05, 4.69) is 29.0 Å². The maximum Gasteiger partial charge on any atom is 0.254 e. The van der Waals surface area contributed by atoms with E-state index >= 15 is 0 Å². The fourth-order valence-corrected chi connectivity index (χ4v) is 3.35. The molecule has 5 heteroatoms. The standard InChI is InChI=1S/C20H31N3O2/c1-20(2,25)15-23(18-8-9-18)19(24)17-6-4-16(5-7-17)14-22-12-10-21(3)11-13-22/h4-7,18,25H,8-15H2,1-3H3. The van der Waals surface area contributed by atoms with Crippen LogP contribution in [0.4, 0.5) is 0 Å². The Morgan fingerprint density at radius 2 is 1.76 bits per heavy atom. The van der Waals surface area contributed by atoms with Crippen LogP contribution in [0.1, 0.15) is 42.6 Å². The van der Waals surface area contributed by atoms with Crippen molar-refractivity contribution in [2.75, 3.05) is 39.8 Å². The molecule has 1 amide bonds. The molecule has 3 rings (SSSR count). The highest BCUT2D eigenvalue weighted by atomic mass is 16.3. The average molecular weight is 345 g/mol. The second-order valence-electron chi connectivity index (χ2n) is 8.25. The summed E-state index contributed by atoms with van der Waals surface area (Å²) in [6.45, 7) is 9.27. The molecule has 0 spiro atoms. The van der Waals surface area contributed by atoms with Crippen LogP contribution in [0, 0.1) is 0 Å². The van der Waals surface area contributed by atoms with Crippen molar-refractivity contribution in [1.29, 1.82) is 0 Å². The highest BCUT2D eigenvalue weighted by molar-refractivity contribution is 5.94. The van der Waals surface area contributed by atoms with Gasteiger partial charge in [-0.3, -0.25) is 9.69 Å². The number of aliphatic hydroxyl groups is 1. The van der Waals surface area contributed by atoms with Gasteiger partial charge in [-0.15, -0.1) is 0 Å². The molecule has 5 nitrogen and oxygen atoms in total. The van der Waals surface area contributed by atoms with Crippen molar-refractivity contribution in [3.05, 3.63) is 35.4 Å². The molecule has 0 atom stereocenters. The number of rotatable bonds is 6. The Kier molecular flexibility index (Phi) is 5.46.